The molecule has 142 valence electrons. The number of piperidine rings is 1. The lowest BCUT2D eigenvalue weighted by molar-refractivity contribution is 0.0595. The van der Waals surface area contributed by atoms with Crippen molar-refractivity contribution in [3.8, 4) is 0 Å². The Hall–Kier alpha value is -2.95. The van der Waals surface area contributed by atoms with E-state index in [9.17, 15) is 4.79 Å². The molecule has 0 bridgehead atoms. The van der Waals surface area contributed by atoms with Gasteiger partial charge in [-0.05, 0) is 66.6 Å². The van der Waals surface area contributed by atoms with Gasteiger partial charge in [-0.1, -0.05) is 12.1 Å². The van der Waals surface area contributed by atoms with Gasteiger partial charge in [-0.2, -0.15) is 0 Å². The van der Waals surface area contributed by atoms with Gasteiger partial charge in [0.2, 0.25) is 0 Å². The number of aromatic amines is 1. The molecule has 5 nitrogen and oxygen atoms in total. The largest absolute Gasteiger partial charge is 0.345 e. The zero-order valence-electron chi connectivity index (χ0n) is 16.3. The van der Waals surface area contributed by atoms with E-state index in [1.165, 1.54) is 11.1 Å². The molecule has 2 aromatic carbocycles. The number of nitrogens with one attached hydrogen (secondary N) is 1. The van der Waals surface area contributed by atoms with E-state index >= 15 is 0 Å². The Labute approximate surface area is 164 Å². The van der Waals surface area contributed by atoms with E-state index in [0.29, 0.717) is 5.92 Å². The van der Waals surface area contributed by atoms with Crippen LogP contribution in [-0.2, 0) is 6.42 Å². The van der Waals surface area contributed by atoms with E-state index in [1.54, 1.807) is 13.4 Å². The van der Waals surface area contributed by atoms with Gasteiger partial charge in [-0.25, -0.2) is 4.98 Å². The van der Waals surface area contributed by atoms with E-state index in [0.717, 1.165) is 53.5 Å². The molecule has 0 saturated carbocycles. The van der Waals surface area contributed by atoms with E-state index < -0.39 is 0 Å². The molecule has 1 amide bonds. The number of aliphatic imine (C=N–C) groups is 1. The third kappa shape index (κ3) is 2.65. The molecule has 0 spiro atoms. The highest BCUT2D eigenvalue weighted by Crippen LogP contribution is 2.43. The standard InChI is InChI=1S/C23H24N4O/c1-14-8-17(10-20-22(14)26-13-25-20)23(28)27-7-3-4-18-19-9-15(12-24-2)5-6-16(19)11-21(18)27/h5-6,8-10,12-13,18,21H,3-4,7,11H2,1-2H3,(H,25,26). The summed E-state index contributed by atoms with van der Waals surface area (Å²) in [6, 6.07) is 10.8. The van der Waals surface area contributed by atoms with Crippen molar-refractivity contribution in [3.05, 3.63) is 64.5 Å². The summed E-state index contributed by atoms with van der Waals surface area (Å²) in [5.74, 6) is 0.562. The van der Waals surface area contributed by atoms with Crippen molar-refractivity contribution in [3.63, 3.8) is 0 Å². The Morgan fingerprint density at radius 1 is 1.32 bits per heavy atom. The van der Waals surface area contributed by atoms with Crippen LogP contribution in [0.3, 0.4) is 0 Å². The number of carbonyl (C=O) groups excluding carboxylic acids is 1. The number of hydrogen-bond donors (Lipinski definition) is 1. The van der Waals surface area contributed by atoms with Crippen LogP contribution in [-0.4, -0.2) is 46.6 Å². The number of fused-ring (bicyclic) bond motifs is 4. The average Bonchev–Trinajstić information content (AvgIpc) is 3.32. The molecule has 5 heteroatoms. The molecule has 1 aliphatic heterocycles. The number of amides is 1. The van der Waals surface area contributed by atoms with Crippen LogP contribution in [0.5, 0.6) is 0 Å². The SMILES string of the molecule is CN=Cc1ccc2c(c1)C1CCCN(C(=O)c3cc(C)c4nc[nH]c4c3)C1C2. The predicted octanol–water partition coefficient (Wildman–Crippen LogP) is 3.86. The minimum atomic E-state index is 0.137. The first-order valence-electron chi connectivity index (χ1n) is 9.95. The second-order valence-electron chi connectivity index (χ2n) is 7.96. The molecular formula is C23H24N4O. The van der Waals surface area contributed by atoms with Crippen LogP contribution in [0.4, 0.5) is 0 Å². The summed E-state index contributed by atoms with van der Waals surface area (Å²) in [5.41, 5.74) is 7.58. The Morgan fingerprint density at radius 3 is 3.07 bits per heavy atom. The van der Waals surface area contributed by atoms with Crippen molar-refractivity contribution < 1.29 is 4.79 Å². The normalized spacial score (nSPS) is 21.3. The minimum absolute atomic E-state index is 0.137. The number of hydrogen-bond acceptors (Lipinski definition) is 3. The number of aromatic nitrogens is 2. The van der Waals surface area contributed by atoms with Crippen molar-refractivity contribution in [2.24, 2.45) is 4.99 Å². The third-order valence-electron chi connectivity index (χ3n) is 6.28. The van der Waals surface area contributed by atoms with E-state index in [4.69, 9.17) is 0 Å². The topological polar surface area (TPSA) is 61.4 Å². The van der Waals surface area contributed by atoms with Gasteiger partial charge in [-0.15, -0.1) is 0 Å². The molecule has 2 aliphatic rings. The summed E-state index contributed by atoms with van der Waals surface area (Å²) in [7, 11) is 1.80. The quantitative estimate of drug-likeness (QED) is 0.694. The van der Waals surface area contributed by atoms with E-state index in [-0.39, 0.29) is 11.9 Å². The first-order valence-corrected chi connectivity index (χ1v) is 9.95. The molecular weight excluding hydrogens is 348 g/mol. The zero-order valence-corrected chi connectivity index (χ0v) is 16.3. The Balaban J connectivity index is 1.48. The summed E-state index contributed by atoms with van der Waals surface area (Å²) in [5, 5.41) is 0. The number of nitrogens with zero attached hydrogens (tertiary/aromatic N) is 3. The van der Waals surface area contributed by atoms with Crippen LogP contribution >= 0.6 is 0 Å². The highest BCUT2D eigenvalue weighted by molar-refractivity contribution is 5.98. The average molecular weight is 372 g/mol. The summed E-state index contributed by atoms with van der Waals surface area (Å²) >= 11 is 0. The first-order chi connectivity index (χ1) is 13.7. The second-order valence-corrected chi connectivity index (χ2v) is 7.96. The summed E-state index contributed by atoms with van der Waals surface area (Å²) in [4.78, 5) is 27.2. The van der Waals surface area contributed by atoms with Gasteiger partial charge in [0.15, 0.2) is 0 Å². The predicted molar refractivity (Wildman–Crippen MR) is 111 cm³/mol. The Kier molecular flexibility index (Phi) is 4.04. The van der Waals surface area contributed by atoms with Crippen molar-refractivity contribution in [2.75, 3.05) is 13.6 Å². The lowest BCUT2D eigenvalue weighted by atomic mass is 9.87. The van der Waals surface area contributed by atoms with Gasteiger partial charge in [0, 0.05) is 37.3 Å². The molecule has 2 atom stereocenters. The highest BCUT2D eigenvalue weighted by atomic mass is 16.2. The van der Waals surface area contributed by atoms with E-state index in [2.05, 4.69) is 38.1 Å². The lowest BCUT2D eigenvalue weighted by Crippen LogP contribution is -2.46. The fourth-order valence-electron chi connectivity index (χ4n) is 5.04. The van der Waals surface area contributed by atoms with Crippen LogP contribution in [0.15, 0.2) is 41.7 Å². The third-order valence-corrected chi connectivity index (χ3v) is 6.28. The number of H-pyrrole nitrogens is 1. The van der Waals surface area contributed by atoms with Gasteiger partial charge in [0.25, 0.3) is 5.91 Å². The molecule has 2 unspecified atom stereocenters. The molecule has 1 aromatic heterocycles. The molecule has 2 heterocycles. The number of likely N-dealkylation sites (tertiary alicyclic amines) is 1. The lowest BCUT2D eigenvalue weighted by Gasteiger charge is -2.38. The van der Waals surface area contributed by atoms with Crippen LogP contribution < -0.4 is 0 Å². The maximum atomic E-state index is 13.5. The van der Waals surface area contributed by atoms with Gasteiger partial charge >= 0.3 is 0 Å². The van der Waals surface area contributed by atoms with Gasteiger partial charge in [0.05, 0.1) is 17.4 Å². The molecule has 0 radical (unpaired) electrons. The number of rotatable bonds is 2. The number of aryl methyl sites for hydroxylation is 1. The molecule has 5 rings (SSSR count). The monoisotopic (exact) mass is 372 g/mol. The summed E-state index contributed by atoms with van der Waals surface area (Å²) in [6.07, 6.45) is 6.73. The Morgan fingerprint density at radius 2 is 2.21 bits per heavy atom. The zero-order chi connectivity index (χ0) is 19.3. The van der Waals surface area contributed by atoms with Crippen molar-refractivity contribution in [1.29, 1.82) is 0 Å². The highest BCUT2D eigenvalue weighted by Gasteiger charge is 2.41. The fraction of sp³-hybridized carbons (Fsp3) is 0.348. The van der Waals surface area contributed by atoms with Crippen molar-refractivity contribution in [2.45, 2.75) is 38.1 Å². The summed E-state index contributed by atoms with van der Waals surface area (Å²) in [6.45, 7) is 2.85. The van der Waals surface area contributed by atoms with Gasteiger partial charge in [0.1, 0.15) is 0 Å². The molecule has 1 N–H and O–H groups in total. The fourth-order valence-corrected chi connectivity index (χ4v) is 5.04. The van der Waals surface area contributed by atoms with Crippen LogP contribution in [0.2, 0.25) is 0 Å². The van der Waals surface area contributed by atoms with Gasteiger partial charge < -0.3 is 9.88 Å². The maximum absolute atomic E-state index is 13.5. The Bertz CT molecular complexity index is 1100. The second kappa shape index (κ2) is 6.59. The number of benzene rings is 2. The number of carbonyl (C=O) groups is 1. The summed E-state index contributed by atoms with van der Waals surface area (Å²) < 4.78 is 0. The minimum Gasteiger partial charge on any atom is -0.345 e. The molecule has 1 fully saturated rings. The first kappa shape index (κ1) is 17.2. The van der Waals surface area contributed by atoms with Crippen LogP contribution in [0.25, 0.3) is 11.0 Å². The molecule has 1 saturated heterocycles. The van der Waals surface area contributed by atoms with E-state index in [1.807, 2.05) is 25.3 Å². The number of imidazole rings is 1. The van der Waals surface area contributed by atoms with Gasteiger partial charge in [-0.3, -0.25) is 9.79 Å². The van der Waals surface area contributed by atoms with Crippen LogP contribution in [0, 0.1) is 6.92 Å². The molecule has 28 heavy (non-hydrogen) atoms. The maximum Gasteiger partial charge on any atom is 0.254 e. The molecule has 3 aromatic rings. The van der Waals surface area contributed by atoms with Crippen molar-refractivity contribution in [1.82, 2.24) is 14.9 Å². The molecule has 1 aliphatic carbocycles. The van der Waals surface area contributed by atoms with Crippen molar-refractivity contribution >= 4 is 23.2 Å². The van der Waals surface area contributed by atoms with Crippen LogP contribution in [0.1, 0.15) is 51.4 Å². The smallest absolute Gasteiger partial charge is 0.254 e.